The quantitative estimate of drug-likeness (QED) is 0.158. The minimum atomic E-state index is -4.59. The number of rotatable bonds is 13. The van der Waals surface area contributed by atoms with Gasteiger partial charge in [0, 0.05) is 23.0 Å². The third-order valence-corrected chi connectivity index (χ3v) is 4.79. The maximum Gasteiger partial charge on any atom is 0.422 e. The van der Waals surface area contributed by atoms with E-state index in [-0.39, 0.29) is 13.2 Å². The molecule has 0 aliphatic carbocycles. The highest BCUT2D eigenvalue weighted by Crippen LogP contribution is 2.22. The van der Waals surface area contributed by atoms with Crippen LogP contribution in [0.15, 0.2) is 42.5 Å². The lowest BCUT2D eigenvalue weighted by Gasteiger charge is -2.11. The summed E-state index contributed by atoms with van der Waals surface area (Å²) in [5, 5.41) is 9.58. The Morgan fingerprint density at radius 3 is 2.22 bits per heavy atom. The van der Waals surface area contributed by atoms with Gasteiger partial charge < -0.3 is 30.8 Å². The standard InChI is InChI=1S/C25H29F3N2O6/c26-25(27,28)16-36-23(32)8-6-17-5-7-22(19(11-17)15-31)34-9-3-1-2-4-10-35-24(33)18-12-20(29)14-21(30)13-18/h5-8,11-14,31H,1-4,9-10,15-16,29-30H2. The second-order valence-corrected chi connectivity index (χ2v) is 7.87. The second-order valence-electron chi connectivity index (χ2n) is 7.87. The van der Waals surface area contributed by atoms with Gasteiger partial charge in [0.2, 0.25) is 0 Å². The lowest BCUT2D eigenvalue weighted by Crippen LogP contribution is -2.19. The van der Waals surface area contributed by atoms with Crippen molar-refractivity contribution in [1.82, 2.24) is 0 Å². The van der Waals surface area contributed by atoms with Gasteiger partial charge in [-0.2, -0.15) is 13.2 Å². The molecule has 0 saturated carbocycles. The molecule has 2 aromatic rings. The predicted molar refractivity (Wildman–Crippen MR) is 128 cm³/mol. The molecule has 11 heteroatoms. The van der Waals surface area contributed by atoms with E-state index in [2.05, 4.69) is 4.74 Å². The number of nitrogen functional groups attached to an aromatic ring is 2. The van der Waals surface area contributed by atoms with Gasteiger partial charge in [-0.3, -0.25) is 0 Å². The van der Waals surface area contributed by atoms with Crippen molar-refractivity contribution in [1.29, 1.82) is 0 Å². The number of alkyl halides is 3. The predicted octanol–water partition coefficient (Wildman–Crippen LogP) is 4.26. The molecule has 36 heavy (non-hydrogen) atoms. The van der Waals surface area contributed by atoms with Crippen LogP contribution in [0.2, 0.25) is 0 Å². The van der Waals surface area contributed by atoms with Crippen LogP contribution in [-0.2, 0) is 20.9 Å². The average Bonchev–Trinajstić information content (AvgIpc) is 2.82. The van der Waals surface area contributed by atoms with Gasteiger partial charge in [0.15, 0.2) is 6.61 Å². The summed E-state index contributed by atoms with van der Waals surface area (Å²) in [4.78, 5) is 23.4. The zero-order valence-corrected chi connectivity index (χ0v) is 19.6. The number of halogens is 3. The Morgan fingerprint density at radius 2 is 1.58 bits per heavy atom. The van der Waals surface area contributed by atoms with Gasteiger partial charge in [-0.1, -0.05) is 6.07 Å². The number of hydrogen-bond acceptors (Lipinski definition) is 8. The van der Waals surface area contributed by atoms with Gasteiger partial charge >= 0.3 is 18.1 Å². The first-order chi connectivity index (χ1) is 17.1. The largest absolute Gasteiger partial charge is 0.493 e. The number of carbonyl (C=O) groups is 2. The van der Waals surface area contributed by atoms with Crippen LogP contribution in [-0.4, -0.2) is 43.0 Å². The Hall–Kier alpha value is -3.73. The first-order valence-corrected chi connectivity index (χ1v) is 11.2. The summed E-state index contributed by atoms with van der Waals surface area (Å²) in [6, 6.07) is 9.33. The Morgan fingerprint density at radius 1 is 0.917 bits per heavy atom. The number of aliphatic hydroxyl groups is 1. The van der Waals surface area contributed by atoms with Gasteiger partial charge in [-0.15, -0.1) is 0 Å². The summed E-state index contributed by atoms with van der Waals surface area (Å²) in [5.74, 6) is -1.14. The molecule has 0 amide bonds. The number of ether oxygens (including phenoxy) is 3. The zero-order chi connectivity index (χ0) is 26.6. The molecule has 196 valence electrons. The summed E-state index contributed by atoms with van der Waals surface area (Å²) in [7, 11) is 0. The van der Waals surface area contributed by atoms with E-state index in [1.54, 1.807) is 24.3 Å². The van der Waals surface area contributed by atoms with Crippen LogP contribution in [0.25, 0.3) is 6.08 Å². The molecule has 2 aromatic carbocycles. The molecule has 0 unspecified atom stereocenters. The first kappa shape index (κ1) is 28.5. The highest BCUT2D eigenvalue weighted by molar-refractivity contribution is 5.91. The molecule has 0 heterocycles. The number of unbranched alkanes of at least 4 members (excludes halogenated alkanes) is 3. The number of anilines is 2. The Bertz CT molecular complexity index is 1040. The highest BCUT2D eigenvalue weighted by atomic mass is 19.4. The number of aliphatic hydroxyl groups excluding tert-OH is 1. The molecule has 2 rings (SSSR count). The number of hydrogen-bond donors (Lipinski definition) is 3. The molecule has 0 aliphatic heterocycles. The molecule has 0 atom stereocenters. The van der Waals surface area contributed by atoms with Gasteiger partial charge in [-0.05, 0) is 67.7 Å². The minimum absolute atomic E-state index is 0.266. The number of esters is 2. The third kappa shape index (κ3) is 10.7. The van der Waals surface area contributed by atoms with Crippen molar-refractivity contribution in [3.63, 3.8) is 0 Å². The number of benzene rings is 2. The number of carbonyl (C=O) groups excluding carboxylic acids is 2. The fourth-order valence-corrected chi connectivity index (χ4v) is 3.12. The molecule has 8 nitrogen and oxygen atoms in total. The van der Waals surface area contributed by atoms with Gasteiger partial charge in [0.25, 0.3) is 0 Å². The van der Waals surface area contributed by atoms with Crippen LogP contribution in [0.1, 0.15) is 47.2 Å². The van der Waals surface area contributed by atoms with E-state index in [0.717, 1.165) is 25.3 Å². The van der Waals surface area contributed by atoms with Crippen molar-refractivity contribution in [3.8, 4) is 5.75 Å². The van der Waals surface area contributed by atoms with Crippen molar-refractivity contribution in [3.05, 3.63) is 59.2 Å². The van der Waals surface area contributed by atoms with Crippen molar-refractivity contribution >= 4 is 29.4 Å². The molecule has 0 bridgehead atoms. The molecule has 5 N–H and O–H groups in total. The van der Waals surface area contributed by atoms with E-state index >= 15 is 0 Å². The smallest absolute Gasteiger partial charge is 0.422 e. The molecule has 0 aromatic heterocycles. The van der Waals surface area contributed by atoms with E-state index in [4.69, 9.17) is 20.9 Å². The van der Waals surface area contributed by atoms with E-state index in [0.29, 0.717) is 46.8 Å². The van der Waals surface area contributed by atoms with Crippen LogP contribution in [0.5, 0.6) is 5.75 Å². The van der Waals surface area contributed by atoms with Crippen molar-refractivity contribution in [2.45, 2.75) is 38.5 Å². The van der Waals surface area contributed by atoms with Crippen LogP contribution in [0.4, 0.5) is 24.5 Å². The molecule has 0 fully saturated rings. The highest BCUT2D eigenvalue weighted by Gasteiger charge is 2.29. The van der Waals surface area contributed by atoms with Crippen LogP contribution in [0, 0.1) is 0 Å². The van der Waals surface area contributed by atoms with Crippen LogP contribution in [0.3, 0.4) is 0 Å². The van der Waals surface area contributed by atoms with Crippen molar-refractivity contribution < 1.29 is 42.1 Å². The topological polar surface area (TPSA) is 134 Å². The Balaban J connectivity index is 1.67. The van der Waals surface area contributed by atoms with Gasteiger partial charge in [-0.25, -0.2) is 9.59 Å². The van der Waals surface area contributed by atoms with E-state index in [9.17, 15) is 27.9 Å². The van der Waals surface area contributed by atoms with Gasteiger partial charge in [0.1, 0.15) is 5.75 Å². The fourth-order valence-electron chi connectivity index (χ4n) is 3.12. The molecule has 0 spiro atoms. The maximum absolute atomic E-state index is 12.1. The SMILES string of the molecule is Nc1cc(N)cc(C(=O)OCCCCCCOc2ccc(C=CC(=O)OCC(F)(F)F)cc2CO)c1. The minimum Gasteiger partial charge on any atom is -0.493 e. The fraction of sp³-hybridized carbons (Fsp3) is 0.360. The molecular formula is C25H29F3N2O6. The van der Waals surface area contributed by atoms with Crippen LogP contribution < -0.4 is 16.2 Å². The summed E-state index contributed by atoms with van der Waals surface area (Å²) >= 11 is 0. The van der Waals surface area contributed by atoms with Crippen molar-refractivity contribution in [2.75, 3.05) is 31.3 Å². The third-order valence-electron chi connectivity index (χ3n) is 4.79. The summed E-state index contributed by atoms with van der Waals surface area (Å²) < 4.78 is 51.2. The Labute approximate surface area is 206 Å². The monoisotopic (exact) mass is 510 g/mol. The van der Waals surface area contributed by atoms with Crippen LogP contribution >= 0.6 is 0 Å². The van der Waals surface area contributed by atoms with E-state index in [1.807, 2.05) is 0 Å². The first-order valence-electron chi connectivity index (χ1n) is 11.2. The molecular weight excluding hydrogens is 481 g/mol. The summed E-state index contributed by atoms with van der Waals surface area (Å²) in [5.41, 5.74) is 13.4. The Kier molecular flexibility index (Phi) is 11.1. The summed E-state index contributed by atoms with van der Waals surface area (Å²) in [6.07, 6.45) is 0.636. The van der Waals surface area contributed by atoms with Gasteiger partial charge in [0.05, 0.1) is 25.4 Å². The lowest BCUT2D eigenvalue weighted by atomic mass is 10.1. The normalized spacial score (nSPS) is 11.4. The number of nitrogens with two attached hydrogens (primary N) is 2. The maximum atomic E-state index is 12.1. The van der Waals surface area contributed by atoms with Crippen molar-refractivity contribution in [2.24, 2.45) is 0 Å². The lowest BCUT2D eigenvalue weighted by molar-refractivity contribution is -0.182. The molecule has 0 aliphatic rings. The average molecular weight is 511 g/mol. The summed E-state index contributed by atoms with van der Waals surface area (Å²) in [6.45, 7) is -1.31. The van der Waals surface area contributed by atoms with E-state index in [1.165, 1.54) is 18.2 Å². The zero-order valence-electron chi connectivity index (χ0n) is 19.6. The molecule has 0 radical (unpaired) electrons. The van der Waals surface area contributed by atoms with E-state index < -0.39 is 24.7 Å². The second kappa shape index (κ2) is 14.0. The molecule has 0 saturated heterocycles.